The minimum atomic E-state index is -0.296. The molecule has 0 saturated carbocycles. The third-order valence-electron chi connectivity index (χ3n) is 3.20. The highest BCUT2D eigenvalue weighted by atomic mass is 16.8. The van der Waals surface area contributed by atoms with Crippen molar-refractivity contribution in [2.75, 3.05) is 0 Å². The molecular weight excluding hydrogens is 216 g/mol. The van der Waals surface area contributed by atoms with Crippen molar-refractivity contribution in [3.8, 4) is 0 Å². The number of ether oxygens (including phenoxy) is 1. The van der Waals surface area contributed by atoms with Crippen LogP contribution in [-0.2, 0) is 16.0 Å². The Labute approximate surface area is 102 Å². The number of rotatable bonds is 4. The van der Waals surface area contributed by atoms with Gasteiger partial charge in [-0.2, -0.15) is 0 Å². The highest BCUT2D eigenvalue weighted by Crippen LogP contribution is 2.22. The summed E-state index contributed by atoms with van der Waals surface area (Å²) in [4.78, 5) is 4.74. The van der Waals surface area contributed by atoms with E-state index in [9.17, 15) is 0 Å². The Kier molecular flexibility index (Phi) is 4.50. The quantitative estimate of drug-likeness (QED) is 0.774. The van der Waals surface area contributed by atoms with Crippen LogP contribution in [0.1, 0.15) is 24.8 Å². The monoisotopic (exact) mass is 236 g/mol. The van der Waals surface area contributed by atoms with Crippen LogP contribution in [0.2, 0.25) is 0 Å². The van der Waals surface area contributed by atoms with Crippen LogP contribution in [0.25, 0.3) is 0 Å². The van der Waals surface area contributed by atoms with E-state index in [1.54, 1.807) is 0 Å². The molecule has 2 rings (SSSR count). The molecule has 94 valence electrons. The zero-order valence-corrected chi connectivity index (χ0v) is 9.92. The average Bonchev–Trinajstić information content (AvgIpc) is 2.40. The van der Waals surface area contributed by atoms with Crippen molar-refractivity contribution in [3.63, 3.8) is 0 Å². The maximum Gasteiger partial charge on any atom is 0.177 e. The molecule has 0 bridgehead atoms. The molecule has 0 spiro atoms. The second-order valence-electron chi connectivity index (χ2n) is 4.52. The fourth-order valence-corrected chi connectivity index (χ4v) is 2.25. The van der Waals surface area contributed by atoms with Gasteiger partial charge in [-0.1, -0.05) is 30.3 Å². The molecule has 4 heteroatoms. The van der Waals surface area contributed by atoms with Crippen LogP contribution in [0.15, 0.2) is 30.3 Å². The maximum atomic E-state index is 6.18. The van der Waals surface area contributed by atoms with Crippen LogP contribution < -0.4 is 11.6 Å². The van der Waals surface area contributed by atoms with E-state index in [0.717, 1.165) is 25.7 Å². The summed E-state index contributed by atoms with van der Waals surface area (Å²) in [7, 11) is 0. The molecule has 3 atom stereocenters. The first kappa shape index (κ1) is 12.5. The van der Waals surface area contributed by atoms with E-state index < -0.39 is 0 Å². The second kappa shape index (κ2) is 6.12. The number of hydrogen-bond donors (Lipinski definition) is 2. The van der Waals surface area contributed by atoms with Crippen LogP contribution in [0.5, 0.6) is 0 Å². The molecule has 0 radical (unpaired) electrons. The Morgan fingerprint density at radius 2 is 2.06 bits per heavy atom. The lowest BCUT2D eigenvalue weighted by Gasteiger charge is -2.32. The highest BCUT2D eigenvalue weighted by Gasteiger charge is 2.27. The Morgan fingerprint density at radius 3 is 2.76 bits per heavy atom. The molecule has 1 saturated heterocycles. The predicted octanol–water partition coefficient (Wildman–Crippen LogP) is 1.34. The van der Waals surface area contributed by atoms with E-state index in [1.165, 1.54) is 5.56 Å². The van der Waals surface area contributed by atoms with Gasteiger partial charge in [-0.15, -0.1) is 0 Å². The van der Waals surface area contributed by atoms with E-state index in [4.69, 9.17) is 21.2 Å². The molecule has 0 amide bonds. The van der Waals surface area contributed by atoms with Gasteiger partial charge in [0.1, 0.15) is 0 Å². The molecule has 1 heterocycles. The maximum absolute atomic E-state index is 6.18. The summed E-state index contributed by atoms with van der Waals surface area (Å²) in [5.74, 6) is 5.15. The van der Waals surface area contributed by atoms with E-state index in [1.807, 2.05) is 18.2 Å². The first-order chi connectivity index (χ1) is 8.29. The van der Waals surface area contributed by atoms with Crippen molar-refractivity contribution in [3.05, 3.63) is 35.9 Å². The SMILES string of the molecule is NO[C@@H]1CCCC(C(N)Cc2ccccc2)O1. The lowest BCUT2D eigenvalue weighted by Crippen LogP contribution is -2.44. The van der Waals surface area contributed by atoms with Crippen LogP contribution in [0.4, 0.5) is 0 Å². The minimum absolute atomic E-state index is 0.00431. The van der Waals surface area contributed by atoms with Crippen molar-refractivity contribution in [2.45, 2.75) is 44.1 Å². The van der Waals surface area contributed by atoms with Gasteiger partial charge in [0.25, 0.3) is 0 Å². The van der Waals surface area contributed by atoms with Gasteiger partial charge in [0, 0.05) is 12.5 Å². The van der Waals surface area contributed by atoms with Crippen molar-refractivity contribution < 1.29 is 9.57 Å². The minimum Gasteiger partial charge on any atom is -0.346 e. The summed E-state index contributed by atoms with van der Waals surface area (Å²) < 4.78 is 5.70. The molecule has 1 aromatic rings. The molecule has 1 aromatic carbocycles. The largest absolute Gasteiger partial charge is 0.346 e. The van der Waals surface area contributed by atoms with Crippen LogP contribution >= 0.6 is 0 Å². The predicted molar refractivity (Wildman–Crippen MR) is 65.9 cm³/mol. The van der Waals surface area contributed by atoms with Gasteiger partial charge in [0.15, 0.2) is 6.29 Å². The number of nitrogens with two attached hydrogens (primary N) is 2. The summed E-state index contributed by atoms with van der Waals surface area (Å²) >= 11 is 0. The normalized spacial score (nSPS) is 26.7. The fraction of sp³-hybridized carbons (Fsp3) is 0.538. The Balaban J connectivity index is 1.89. The van der Waals surface area contributed by atoms with E-state index >= 15 is 0 Å². The summed E-state index contributed by atoms with van der Waals surface area (Å²) in [5, 5.41) is 0. The molecule has 4 nitrogen and oxygen atoms in total. The van der Waals surface area contributed by atoms with E-state index in [-0.39, 0.29) is 18.4 Å². The number of hydrogen-bond acceptors (Lipinski definition) is 4. The zero-order chi connectivity index (χ0) is 12.1. The van der Waals surface area contributed by atoms with E-state index in [0.29, 0.717) is 0 Å². The smallest absolute Gasteiger partial charge is 0.177 e. The van der Waals surface area contributed by atoms with Crippen LogP contribution in [-0.4, -0.2) is 18.4 Å². The van der Waals surface area contributed by atoms with Gasteiger partial charge in [0.05, 0.1) is 6.10 Å². The summed E-state index contributed by atoms with van der Waals surface area (Å²) in [5.41, 5.74) is 7.41. The molecule has 4 N–H and O–H groups in total. The third-order valence-corrected chi connectivity index (χ3v) is 3.20. The Morgan fingerprint density at radius 1 is 1.29 bits per heavy atom. The summed E-state index contributed by atoms with van der Waals surface area (Å²) in [6, 6.07) is 10.2. The lowest BCUT2D eigenvalue weighted by atomic mass is 9.96. The van der Waals surface area contributed by atoms with Crippen molar-refractivity contribution in [1.29, 1.82) is 0 Å². The van der Waals surface area contributed by atoms with Crippen molar-refractivity contribution in [2.24, 2.45) is 11.6 Å². The van der Waals surface area contributed by atoms with Gasteiger partial charge >= 0.3 is 0 Å². The molecular formula is C13H20N2O2. The van der Waals surface area contributed by atoms with Gasteiger partial charge < -0.3 is 10.5 Å². The molecule has 1 aliphatic rings. The summed E-state index contributed by atoms with van der Waals surface area (Å²) in [6.45, 7) is 0. The topological polar surface area (TPSA) is 70.5 Å². The first-order valence-corrected chi connectivity index (χ1v) is 6.10. The molecule has 0 aliphatic carbocycles. The molecule has 17 heavy (non-hydrogen) atoms. The van der Waals surface area contributed by atoms with Gasteiger partial charge in [-0.3, -0.25) is 4.84 Å². The lowest BCUT2D eigenvalue weighted by molar-refractivity contribution is -0.200. The first-order valence-electron chi connectivity index (χ1n) is 6.10. The molecule has 0 aromatic heterocycles. The summed E-state index contributed by atoms with van der Waals surface area (Å²) in [6.07, 6.45) is 3.45. The van der Waals surface area contributed by atoms with Crippen molar-refractivity contribution in [1.82, 2.24) is 0 Å². The standard InChI is InChI=1S/C13H20N2O2/c14-11(9-10-5-2-1-3-6-10)12-7-4-8-13(16-12)17-15/h1-3,5-6,11-13H,4,7-9,14-15H2/t11?,12?,13-/m1/s1. The number of benzene rings is 1. The Hall–Kier alpha value is -0.940. The van der Waals surface area contributed by atoms with Gasteiger partial charge in [0.2, 0.25) is 0 Å². The van der Waals surface area contributed by atoms with Crippen molar-refractivity contribution >= 4 is 0 Å². The molecule has 2 unspecified atom stereocenters. The van der Waals surface area contributed by atoms with Gasteiger partial charge in [-0.05, 0) is 24.8 Å². The fourth-order valence-electron chi connectivity index (χ4n) is 2.25. The third kappa shape index (κ3) is 3.51. The average molecular weight is 236 g/mol. The van der Waals surface area contributed by atoms with E-state index in [2.05, 4.69) is 12.1 Å². The molecule has 1 aliphatic heterocycles. The highest BCUT2D eigenvalue weighted by molar-refractivity contribution is 5.16. The zero-order valence-electron chi connectivity index (χ0n) is 9.92. The molecule has 1 fully saturated rings. The Bertz CT molecular complexity index is 331. The van der Waals surface area contributed by atoms with Gasteiger partial charge in [-0.25, -0.2) is 5.90 Å². The van der Waals surface area contributed by atoms with Crippen LogP contribution in [0, 0.1) is 0 Å². The van der Waals surface area contributed by atoms with Crippen LogP contribution in [0.3, 0.4) is 0 Å². The second-order valence-corrected chi connectivity index (χ2v) is 4.52.